The molecule has 0 saturated carbocycles. The molecule has 2 heterocycles. The summed E-state index contributed by atoms with van der Waals surface area (Å²) in [6, 6.07) is 0. The van der Waals surface area contributed by atoms with Crippen LogP contribution in [-0.2, 0) is 10.1 Å². The predicted molar refractivity (Wildman–Crippen MR) is 48.8 cm³/mol. The number of hydrogen-bond acceptors (Lipinski definition) is 6. The maximum absolute atomic E-state index is 10.5. The van der Waals surface area contributed by atoms with E-state index in [4.69, 9.17) is 9.47 Å². The van der Waals surface area contributed by atoms with Crippen LogP contribution in [0.4, 0.5) is 0 Å². The second-order valence-electron chi connectivity index (χ2n) is 2.88. The summed E-state index contributed by atoms with van der Waals surface area (Å²) in [5.74, 6) is 0.562. The molecule has 0 saturated heterocycles. The van der Waals surface area contributed by atoms with Crippen molar-refractivity contribution in [2.24, 2.45) is 0 Å². The Kier molecular flexibility index (Phi) is 5.06. The summed E-state index contributed by atoms with van der Waals surface area (Å²) in [6.07, 6.45) is -0.695. The molecule has 1 aromatic heterocycles. The number of rotatable bonds is 2. The van der Waals surface area contributed by atoms with E-state index in [9.17, 15) is 13.0 Å². The Balaban J connectivity index is 0.00000112. The van der Waals surface area contributed by atoms with Crippen LogP contribution in [0.5, 0.6) is 11.5 Å². The van der Waals surface area contributed by atoms with E-state index in [0.29, 0.717) is 11.5 Å². The molecule has 0 aliphatic carbocycles. The predicted octanol–water partition coefficient (Wildman–Crippen LogP) is -2.56. The molecular formula is C7H7KO5S2. The molecule has 8 heteroatoms. The minimum Gasteiger partial charge on any atom is -0.748 e. The molecule has 78 valence electrons. The van der Waals surface area contributed by atoms with Gasteiger partial charge in [-0.15, -0.1) is 11.3 Å². The van der Waals surface area contributed by atoms with Crippen molar-refractivity contribution in [3.8, 4) is 11.5 Å². The summed E-state index contributed by atoms with van der Waals surface area (Å²) in [4.78, 5) is 0. The maximum Gasteiger partial charge on any atom is 1.00 e. The smallest absolute Gasteiger partial charge is 0.748 e. The van der Waals surface area contributed by atoms with E-state index in [1.807, 2.05) is 0 Å². The zero-order chi connectivity index (χ0) is 10.2. The SMILES string of the molecule is O=S(=O)([O-])CC1COc2cscc2O1.[K+]. The van der Waals surface area contributed by atoms with Gasteiger partial charge in [-0.25, -0.2) is 8.42 Å². The molecule has 1 unspecified atom stereocenters. The van der Waals surface area contributed by atoms with Crippen molar-refractivity contribution in [2.75, 3.05) is 12.4 Å². The van der Waals surface area contributed by atoms with Gasteiger partial charge in [-0.05, 0) is 0 Å². The number of thiophene rings is 1. The van der Waals surface area contributed by atoms with Gasteiger partial charge in [0, 0.05) is 10.8 Å². The first kappa shape index (κ1) is 13.9. The summed E-state index contributed by atoms with van der Waals surface area (Å²) in [5.41, 5.74) is 0. The molecule has 15 heavy (non-hydrogen) atoms. The summed E-state index contributed by atoms with van der Waals surface area (Å²) in [6.45, 7) is 0.102. The van der Waals surface area contributed by atoms with Crippen molar-refractivity contribution in [3.63, 3.8) is 0 Å². The van der Waals surface area contributed by atoms with E-state index < -0.39 is 22.0 Å². The van der Waals surface area contributed by atoms with Crippen LogP contribution in [-0.4, -0.2) is 31.4 Å². The van der Waals surface area contributed by atoms with E-state index in [1.54, 1.807) is 10.8 Å². The second kappa shape index (κ2) is 5.45. The van der Waals surface area contributed by atoms with Gasteiger partial charge in [0.25, 0.3) is 0 Å². The first-order chi connectivity index (χ1) is 6.54. The monoisotopic (exact) mass is 274 g/mol. The standard InChI is InChI=1S/C7H8O5S2.K/c8-14(9,10)4-5-1-11-6-2-13-3-7(6)12-5;/h2-3,5H,1,4H2,(H,8,9,10);/q;+1/p-1. The van der Waals surface area contributed by atoms with Gasteiger partial charge < -0.3 is 14.0 Å². The van der Waals surface area contributed by atoms with Gasteiger partial charge in [-0.1, -0.05) is 0 Å². The molecule has 0 aromatic carbocycles. The summed E-state index contributed by atoms with van der Waals surface area (Å²) in [7, 11) is -4.26. The van der Waals surface area contributed by atoms with Crippen LogP contribution in [0.2, 0.25) is 0 Å². The van der Waals surface area contributed by atoms with E-state index in [0.717, 1.165) is 0 Å². The Morgan fingerprint density at radius 2 is 2.13 bits per heavy atom. The Hall–Kier alpha value is 0.846. The van der Waals surface area contributed by atoms with Gasteiger partial charge in [0.15, 0.2) is 11.5 Å². The van der Waals surface area contributed by atoms with Crippen LogP contribution in [0.15, 0.2) is 10.8 Å². The van der Waals surface area contributed by atoms with E-state index in [1.165, 1.54) is 11.3 Å². The molecule has 0 radical (unpaired) electrons. The third kappa shape index (κ3) is 3.97. The normalized spacial score (nSPS) is 19.4. The van der Waals surface area contributed by atoms with Crippen LogP contribution in [0.25, 0.3) is 0 Å². The molecular weight excluding hydrogens is 267 g/mol. The van der Waals surface area contributed by atoms with Crippen LogP contribution in [0, 0.1) is 0 Å². The molecule has 0 N–H and O–H groups in total. The van der Waals surface area contributed by atoms with Gasteiger partial charge in [0.05, 0.1) is 15.9 Å². The number of fused-ring (bicyclic) bond motifs is 1. The molecule has 1 aromatic rings. The molecule has 1 aliphatic rings. The fraction of sp³-hybridized carbons (Fsp3) is 0.429. The summed E-state index contributed by atoms with van der Waals surface area (Å²) < 4.78 is 41.8. The van der Waals surface area contributed by atoms with Crippen molar-refractivity contribution in [1.82, 2.24) is 0 Å². The average molecular weight is 274 g/mol. The Bertz CT molecular complexity index is 426. The number of ether oxygens (including phenoxy) is 2. The Morgan fingerprint density at radius 1 is 1.47 bits per heavy atom. The summed E-state index contributed by atoms with van der Waals surface area (Å²) >= 11 is 1.40. The maximum atomic E-state index is 10.5. The zero-order valence-electron chi connectivity index (χ0n) is 8.00. The van der Waals surface area contributed by atoms with Crippen LogP contribution >= 0.6 is 11.3 Å². The van der Waals surface area contributed by atoms with Crippen LogP contribution in [0.3, 0.4) is 0 Å². The molecule has 1 aliphatic heterocycles. The Labute approximate surface area is 134 Å². The van der Waals surface area contributed by atoms with Crippen molar-refractivity contribution in [1.29, 1.82) is 0 Å². The van der Waals surface area contributed by atoms with Crippen molar-refractivity contribution < 1.29 is 73.8 Å². The second-order valence-corrected chi connectivity index (χ2v) is 5.07. The van der Waals surface area contributed by atoms with Crippen molar-refractivity contribution in [3.05, 3.63) is 10.8 Å². The van der Waals surface area contributed by atoms with Gasteiger partial charge in [-0.3, -0.25) is 0 Å². The van der Waals surface area contributed by atoms with Crippen LogP contribution in [0.1, 0.15) is 0 Å². The first-order valence-electron chi connectivity index (χ1n) is 3.84. The third-order valence-electron chi connectivity index (χ3n) is 1.70. The molecule has 0 bridgehead atoms. The molecule has 5 nitrogen and oxygen atoms in total. The molecule has 0 amide bonds. The fourth-order valence-electron chi connectivity index (χ4n) is 1.17. The largest absolute Gasteiger partial charge is 1.00 e. The quantitative estimate of drug-likeness (QED) is 0.438. The van der Waals surface area contributed by atoms with Gasteiger partial charge in [-0.2, -0.15) is 0 Å². The average Bonchev–Trinajstić information content (AvgIpc) is 2.47. The minimum absolute atomic E-state index is 0. The zero-order valence-corrected chi connectivity index (χ0v) is 12.8. The van der Waals surface area contributed by atoms with Gasteiger partial charge in [0.2, 0.25) is 0 Å². The number of hydrogen-bond donors (Lipinski definition) is 0. The molecule has 0 fully saturated rings. The van der Waals surface area contributed by atoms with E-state index in [2.05, 4.69) is 0 Å². The topological polar surface area (TPSA) is 75.7 Å². The van der Waals surface area contributed by atoms with Crippen LogP contribution < -0.4 is 60.9 Å². The van der Waals surface area contributed by atoms with E-state index in [-0.39, 0.29) is 58.0 Å². The van der Waals surface area contributed by atoms with Gasteiger partial charge >= 0.3 is 51.4 Å². The molecule has 1 atom stereocenters. The minimum atomic E-state index is -4.26. The fourth-order valence-corrected chi connectivity index (χ4v) is 2.46. The van der Waals surface area contributed by atoms with Crippen molar-refractivity contribution >= 4 is 21.5 Å². The molecule has 2 rings (SSSR count). The van der Waals surface area contributed by atoms with Gasteiger partial charge in [0.1, 0.15) is 12.7 Å². The third-order valence-corrected chi connectivity index (χ3v) is 3.18. The first-order valence-corrected chi connectivity index (χ1v) is 6.36. The summed E-state index contributed by atoms with van der Waals surface area (Å²) in [5, 5.41) is 3.47. The molecule has 0 spiro atoms. The van der Waals surface area contributed by atoms with Crippen molar-refractivity contribution in [2.45, 2.75) is 6.10 Å². The Morgan fingerprint density at radius 3 is 2.80 bits per heavy atom. The van der Waals surface area contributed by atoms with E-state index >= 15 is 0 Å².